The summed E-state index contributed by atoms with van der Waals surface area (Å²) in [6, 6.07) is 11.7. The van der Waals surface area contributed by atoms with E-state index in [1.165, 1.54) is 5.56 Å². The zero-order valence-electron chi connectivity index (χ0n) is 15.1. The lowest BCUT2D eigenvalue weighted by Gasteiger charge is -2.33. The Hall–Kier alpha value is -2.61. The van der Waals surface area contributed by atoms with Crippen LogP contribution in [0.15, 0.2) is 48.5 Å². The highest BCUT2D eigenvalue weighted by molar-refractivity contribution is 5.89. The van der Waals surface area contributed by atoms with Gasteiger partial charge in [0.1, 0.15) is 5.82 Å². The van der Waals surface area contributed by atoms with Crippen molar-refractivity contribution in [2.75, 3.05) is 18.4 Å². The van der Waals surface area contributed by atoms with Crippen LogP contribution in [0, 0.1) is 5.82 Å². The molecular weight excluding hydrogens is 374 g/mol. The molecule has 0 spiro atoms. The van der Waals surface area contributed by atoms with Gasteiger partial charge in [0.2, 0.25) is 0 Å². The van der Waals surface area contributed by atoms with E-state index in [-0.39, 0.29) is 11.7 Å². The fourth-order valence-electron chi connectivity index (χ4n) is 3.33. The van der Waals surface area contributed by atoms with Crippen molar-refractivity contribution >= 4 is 11.7 Å². The SMILES string of the molecule is O=C(Nc1ccc(F)c(C(F)(F)F)c1)N[C@@H]1CCCN(Cc2ccccc2)C1. The first-order valence-corrected chi connectivity index (χ1v) is 9.02. The zero-order valence-corrected chi connectivity index (χ0v) is 15.1. The molecule has 2 amide bonds. The summed E-state index contributed by atoms with van der Waals surface area (Å²) in [6.07, 6.45) is -3.12. The average molecular weight is 395 g/mol. The molecule has 1 aliphatic rings. The molecule has 2 aromatic rings. The number of anilines is 1. The number of hydrogen-bond donors (Lipinski definition) is 2. The van der Waals surface area contributed by atoms with Crippen LogP contribution in [-0.2, 0) is 12.7 Å². The number of amides is 2. The summed E-state index contributed by atoms with van der Waals surface area (Å²) >= 11 is 0. The fraction of sp³-hybridized carbons (Fsp3) is 0.350. The normalized spacial score (nSPS) is 17.9. The highest BCUT2D eigenvalue weighted by Crippen LogP contribution is 2.33. The minimum atomic E-state index is -4.82. The van der Waals surface area contributed by atoms with Crippen LogP contribution in [0.4, 0.5) is 28.0 Å². The lowest BCUT2D eigenvalue weighted by atomic mass is 10.0. The van der Waals surface area contributed by atoms with Gasteiger partial charge in [0.05, 0.1) is 5.56 Å². The number of nitrogens with one attached hydrogen (secondary N) is 2. The van der Waals surface area contributed by atoms with E-state index >= 15 is 0 Å². The van der Waals surface area contributed by atoms with Crippen LogP contribution in [0.2, 0.25) is 0 Å². The molecule has 2 aromatic carbocycles. The van der Waals surface area contributed by atoms with Crippen molar-refractivity contribution in [1.29, 1.82) is 0 Å². The molecule has 4 nitrogen and oxygen atoms in total. The minimum Gasteiger partial charge on any atom is -0.334 e. The molecule has 0 radical (unpaired) electrons. The van der Waals surface area contributed by atoms with E-state index in [1.54, 1.807) is 0 Å². The van der Waals surface area contributed by atoms with Crippen LogP contribution < -0.4 is 10.6 Å². The minimum absolute atomic E-state index is 0.108. The van der Waals surface area contributed by atoms with Gasteiger partial charge in [0.15, 0.2) is 0 Å². The second-order valence-electron chi connectivity index (χ2n) is 6.85. The molecule has 3 rings (SSSR count). The molecule has 0 saturated carbocycles. The van der Waals surface area contributed by atoms with Crippen molar-refractivity contribution in [2.24, 2.45) is 0 Å². The maximum Gasteiger partial charge on any atom is 0.419 e. The molecule has 1 saturated heterocycles. The summed E-state index contributed by atoms with van der Waals surface area (Å²) in [5, 5.41) is 5.15. The number of piperidine rings is 1. The Kier molecular flexibility index (Phi) is 6.18. The van der Waals surface area contributed by atoms with E-state index in [0.29, 0.717) is 18.7 Å². The summed E-state index contributed by atoms with van der Waals surface area (Å²) in [7, 11) is 0. The first-order chi connectivity index (χ1) is 13.3. The number of nitrogens with zero attached hydrogens (tertiary/aromatic N) is 1. The molecule has 1 atom stereocenters. The third-order valence-electron chi connectivity index (χ3n) is 4.62. The first-order valence-electron chi connectivity index (χ1n) is 9.02. The second kappa shape index (κ2) is 8.60. The zero-order chi connectivity index (χ0) is 20.1. The molecule has 1 heterocycles. The predicted molar refractivity (Wildman–Crippen MR) is 98.3 cm³/mol. The second-order valence-corrected chi connectivity index (χ2v) is 6.85. The predicted octanol–water partition coefficient (Wildman–Crippen LogP) is 4.63. The Labute approximate surface area is 160 Å². The molecule has 0 bridgehead atoms. The largest absolute Gasteiger partial charge is 0.419 e. The van der Waals surface area contributed by atoms with E-state index in [0.717, 1.165) is 32.0 Å². The summed E-state index contributed by atoms with van der Waals surface area (Å²) in [5.74, 6) is -1.37. The van der Waals surface area contributed by atoms with Gasteiger partial charge >= 0.3 is 12.2 Å². The quantitative estimate of drug-likeness (QED) is 0.742. The number of likely N-dealkylation sites (tertiary alicyclic amines) is 1. The Morgan fingerprint density at radius 1 is 1.14 bits per heavy atom. The van der Waals surface area contributed by atoms with Gasteiger partial charge in [-0.3, -0.25) is 4.90 Å². The van der Waals surface area contributed by atoms with Crippen molar-refractivity contribution in [1.82, 2.24) is 10.2 Å². The third-order valence-corrected chi connectivity index (χ3v) is 4.62. The highest BCUT2D eigenvalue weighted by Gasteiger charge is 2.34. The molecule has 1 fully saturated rings. The topological polar surface area (TPSA) is 44.4 Å². The van der Waals surface area contributed by atoms with Gasteiger partial charge in [0.25, 0.3) is 0 Å². The lowest BCUT2D eigenvalue weighted by molar-refractivity contribution is -0.139. The van der Waals surface area contributed by atoms with E-state index in [2.05, 4.69) is 15.5 Å². The maximum absolute atomic E-state index is 13.3. The number of halogens is 4. The Balaban J connectivity index is 1.56. The van der Waals surface area contributed by atoms with Gasteiger partial charge in [-0.2, -0.15) is 13.2 Å². The van der Waals surface area contributed by atoms with Gasteiger partial charge in [-0.1, -0.05) is 30.3 Å². The van der Waals surface area contributed by atoms with Crippen LogP contribution in [0.25, 0.3) is 0 Å². The van der Waals surface area contributed by atoms with Crippen molar-refractivity contribution in [3.8, 4) is 0 Å². The molecule has 0 aliphatic carbocycles. The van der Waals surface area contributed by atoms with Crippen molar-refractivity contribution in [3.05, 3.63) is 65.5 Å². The molecule has 2 N–H and O–H groups in total. The summed E-state index contributed by atoms with van der Waals surface area (Å²) in [4.78, 5) is 14.4. The van der Waals surface area contributed by atoms with Crippen LogP contribution in [-0.4, -0.2) is 30.1 Å². The standard InChI is InChI=1S/C20H21F4N3O/c21-18-9-8-15(11-17(18)20(22,23)24)25-19(28)26-16-7-4-10-27(13-16)12-14-5-2-1-3-6-14/h1-3,5-6,8-9,11,16H,4,7,10,12-13H2,(H2,25,26,28)/t16-/m1/s1. The van der Waals surface area contributed by atoms with Crippen molar-refractivity contribution in [2.45, 2.75) is 31.6 Å². The van der Waals surface area contributed by atoms with Gasteiger partial charge in [-0.25, -0.2) is 9.18 Å². The Morgan fingerprint density at radius 2 is 1.89 bits per heavy atom. The number of carbonyl (C=O) groups excluding carboxylic acids is 1. The Bertz CT molecular complexity index is 811. The van der Waals surface area contributed by atoms with E-state index in [4.69, 9.17) is 0 Å². The third kappa shape index (κ3) is 5.45. The monoisotopic (exact) mass is 395 g/mol. The first kappa shape index (κ1) is 20.1. The van der Waals surface area contributed by atoms with Crippen molar-refractivity contribution < 1.29 is 22.4 Å². The smallest absolute Gasteiger partial charge is 0.334 e. The Morgan fingerprint density at radius 3 is 2.61 bits per heavy atom. The molecule has 1 aliphatic heterocycles. The van der Waals surface area contributed by atoms with Crippen LogP contribution >= 0.6 is 0 Å². The maximum atomic E-state index is 13.3. The van der Waals surface area contributed by atoms with Crippen molar-refractivity contribution in [3.63, 3.8) is 0 Å². The van der Waals surface area contributed by atoms with Gasteiger partial charge < -0.3 is 10.6 Å². The van der Waals surface area contributed by atoms with Gasteiger partial charge in [-0.15, -0.1) is 0 Å². The van der Waals surface area contributed by atoms with Crippen LogP contribution in [0.3, 0.4) is 0 Å². The molecule has 0 aromatic heterocycles. The highest BCUT2D eigenvalue weighted by atomic mass is 19.4. The number of carbonyl (C=O) groups is 1. The molecule has 0 unspecified atom stereocenters. The van der Waals surface area contributed by atoms with Crippen LogP contribution in [0.1, 0.15) is 24.0 Å². The number of benzene rings is 2. The average Bonchev–Trinajstić information content (AvgIpc) is 2.63. The number of rotatable bonds is 4. The van der Waals surface area contributed by atoms with E-state index < -0.39 is 23.6 Å². The number of hydrogen-bond acceptors (Lipinski definition) is 2. The lowest BCUT2D eigenvalue weighted by Crippen LogP contribution is -2.48. The van der Waals surface area contributed by atoms with E-state index in [9.17, 15) is 22.4 Å². The van der Waals surface area contributed by atoms with E-state index in [1.807, 2.05) is 30.3 Å². The van der Waals surface area contributed by atoms with Gasteiger partial charge in [0, 0.05) is 24.8 Å². The summed E-state index contributed by atoms with van der Waals surface area (Å²) in [5.41, 5.74) is -0.334. The summed E-state index contributed by atoms with van der Waals surface area (Å²) < 4.78 is 51.7. The molecule has 8 heteroatoms. The molecule has 150 valence electrons. The summed E-state index contributed by atoms with van der Waals surface area (Å²) in [6.45, 7) is 2.34. The van der Waals surface area contributed by atoms with Crippen LogP contribution in [0.5, 0.6) is 0 Å². The fourth-order valence-corrected chi connectivity index (χ4v) is 3.33. The van der Waals surface area contributed by atoms with Gasteiger partial charge in [-0.05, 0) is 43.1 Å². The number of urea groups is 1. The number of alkyl halides is 3. The molecule has 28 heavy (non-hydrogen) atoms. The molecular formula is C20H21F4N3O.